The van der Waals surface area contributed by atoms with Crippen molar-refractivity contribution < 1.29 is 13.2 Å². The van der Waals surface area contributed by atoms with Crippen LogP contribution in [-0.4, -0.2) is 26.4 Å². The van der Waals surface area contributed by atoms with Gasteiger partial charge in [0.2, 0.25) is 15.9 Å². The Morgan fingerprint density at radius 2 is 1.86 bits per heavy atom. The predicted molar refractivity (Wildman–Crippen MR) is 81.4 cm³/mol. The van der Waals surface area contributed by atoms with Crippen molar-refractivity contribution in [2.45, 2.75) is 56.5 Å². The molecule has 0 spiro atoms. The predicted octanol–water partition coefficient (Wildman–Crippen LogP) is 1.58. The summed E-state index contributed by atoms with van der Waals surface area (Å²) in [5, 5.41) is 2.94. The molecular formula is C15H22N2O3S. The molecule has 1 amide bonds. The Morgan fingerprint density at radius 1 is 1.24 bits per heavy atom. The molecule has 1 fully saturated rings. The van der Waals surface area contributed by atoms with Gasteiger partial charge >= 0.3 is 0 Å². The average Bonchev–Trinajstić information content (AvgIpc) is 3.19. The number of nitrogens with one attached hydrogen (secondary N) is 2. The minimum absolute atomic E-state index is 0.0654. The van der Waals surface area contributed by atoms with Crippen LogP contribution in [0.4, 0.5) is 0 Å². The van der Waals surface area contributed by atoms with E-state index in [4.69, 9.17) is 0 Å². The molecule has 1 saturated carbocycles. The van der Waals surface area contributed by atoms with Crippen LogP contribution in [0.15, 0.2) is 29.2 Å². The van der Waals surface area contributed by atoms with Crippen LogP contribution in [0.2, 0.25) is 0 Å². The molecular weight excluding hydrogens is 288 g/mol. The van der Waals surface area contributed by atoms with E-state index in [1.54, 1.807) is 38.1 Å². The lowest BCUT2D eigenvalue weighted by molar-refractivity contribution is -0.121. The smallest absolute Gasteiger partial charge is 0.240 e. The summed E-state index contributed by atoms with van der Waals surface area (Å²) >= 11 is 0. The van der Waals surface area contributed by atoms with E-state index in [1.165, 1.54) is 0 Å². The molecule has 1 aromatic rings. The monoisotopic (exact) mass is 310 g/mol. The Morgan fingerprint density at radius 3 is 2.38 bits per heavy atom. The number of carbonyl (C=O) groups excluding carboxylic acids is 1. The molecule has 0 atom stereocenters. The van der Waals surface area contributed by atoms with Crippen LogP contribution in [0.1, 0.15) is 38.7 Å². The van der Waals surface area contributed by atoms with Gasteiger partial charge in [0.1, 0.15) is 0 Å². The second-order valence-corrected chi connectivity index (χ2v) is 7.48. The molecule has 1 aliphatic rings. The third kappa shape index (κ3) is 5.13. The van der Waals surface area contributed by atoms with Gasteiger partial charge in [0.25, 0.3) is 0 Å². The van der Waals surface area contributed by atoms with Crippen molar-refractivity contribution in [3.63, 3.8) is 0 Å². The molecule has 0 saturated heterocycles. The van der Waals surface area contributed by atoms with Gasteiger partial charge in [-0.25, -0.2) is 13.1 Å². The number of sulfonamides is 1. The Hall–Kier alpha value is -1.40. The van der Waals surface area contributed by atoms with Gasteiger partial charge in [0.15, 0.2) is 0 Å². The first-order valence-electron chi connectivity index (χ1n) is 7.27. The summed E-state index contributed by atoms with van der Waals surface area (Å²) in [5.41, 5.74) is 0.962. The summed E-state index contributed by atoms with van der Waals surface area (Å²) in [6.07, 6.45) is 3.23. The van der Waals surface area contributed by atoms with Crippen LogP contribution in [0.3, 0.4) is 0 Å². The fourth-order valence-corrected chi connectivity index (χ4v) is 3.25. The zero-order valence-electron chi connectivity index (χ0n) is 12.4. The van der Waals surface area contributed by atoms with Gasteiger partial charge in [0, 0.05) is 18.5 Å². The fourth-order valence-electron chi connectivity index (χ4n) is 2.00. The molecule has 5 nitrogen and oxygen atoms in total. The maximum atomic E-state index is 12.0. The van der Waals surface area contributed by atoms with Gasteiger partial charge in [-0.1, -0.05) is 12.1 Å². The van der Waals surface area contributed by atoms with E-state index >= 15 is 0 Å². The van der Waals surface area contributed by atoms with Crippen LogP contribution in [0.25, 0.3) is 0 Å². The standard InChI is InChI=1S/C15H22N2O3S/c1-11(2)17-21(19,20)14-8-3-12(4-9-14)5-10-15(18)16-13-6-7-13/h3-4,8-9,11,13,17H,5-7,10H2,1-2H3,(H,16,18). The van der Waals surface area contributed by atoms with E-state index in [9.17, 15) is 13.2 Å². The zero-order valence-corrected chi connectivity index (χ0v) is 13.2. The van der Waals surface area contributed by atoms with E-state index in [-0.39, 0.29) is 16.8 Å². The van der Waals surface area contributed by atoms with Crippen molar-refractivity contribution in [3.05, 3.63) is 29.8 Å². The molecule has 0 aliphatic heterocycles. The van der Waals surface area contributed by atoms with Crippen LogP contribution in [0.5, 0.6) is 0 Å². The number of rotatable bonds is 7. The third-order valence-corrected chi connectivity index (χ3v) is 4.88. The molecule has 0 aromatic heterocycles. The van der Waals surface area contributed by atoms with Crippen molar-refractivity contribution in [1.29, 1.82) is 0 Å². The molecule has 6 heteroatoms. The second-order valence-electron chi connectivity index (χ2n) is 5.76. The Kier molecular flexibility index (Phi) is 5.00. The Bertz CT molecular complexity index is 590. The number of carbonyl (C=O) groups is 1. The third-order valence-electron chi connectivity index (χ3n) is 3.21. The van der Waals surface area contributed by atoms with E-state index in [1.807, 2.05) is 0 Å². The minimum Gasteiger partial charge on any atom is -0.353 e. The highest BCUT2D eigenvalue weighted by Gasteiger charge is 2.22. The maximum Gasteiger partial charge on any atom is 0.240 e. The number of hydrogen-bond donors (Lipinski definition) is 2. The lowest BCUT2D eigenvalue weighted by atomic mass is 10.1. The minimum atomic E-state index is -3.44. The van der Waals surface area contributed by atoms with Crippen molar-refractivity contribution >= 4 is 15.9 Å². The molecule has 0 heterocycles. The fraction of sp³-hybridized carbons (Fsp3) is 0.533. The lowest BCUT2D eigenvalue weighted by Gasteiger charge is -2.10. The summed E-state index contributed by atoms with van der Waals surface area (Å²) in [5.74, 6) is 0.0654. The highest BCUT2D eigenvalue weighted by Crippen LogP contribution is 2.19. The van der Waals surface area contributed by atoms with Gasteiger partial charge in [-0.05, 0) is 50.8 Å². The number of hydrogen-bond acceptors (Lipinski definition) is 3. The van der Waals surface area contributed by atoms with E-state index in [0.717, 1.165) is 18.4 Å². The quantitative estimate of drug-likeness (QED) is 0.803. The van der Waals surface area contributed by atoms with Crippen molar-refractivity contribution in [3.8, 4) is 0 Å². The normalized spacial score (nSPS) is 15.2. The molecule has 1 aliphatic carbocycles. The molecule has 0 radical (unpaired) electrons. The largest absolute Gasteiger partial charge is 0.353 e. The molecule has 2 rings (SSSR count). The summed E-state index contributed by atoms with van der Waals surface area (Å²) in [4.78, 5) is 11.8. The van der Waals surface area contributed by atoms with E-state index in [0.29, 0.717) is 18.9 Å². The molecule has 0 unspecified atom stereocenters. The lowest BCUT2D eigenvalue weighted by Crippen LogP contribution is -2.30. The second kappa shape index (κ2) is 6.58. The molecule has 21 heavy (non-hydrogen) atoms. The molecule has 2 N–H and O–H groups in total. The Balaban J connectivity index is 1.90. The first kappa shape index (κ1) is 16.0. The summed E-state index contributed by atoms with van der Waals surface area (Å²) in [7, 11) is -3.44. The van der Waals surface area contributed by atoms with Gasteiger partial charge in [-0.3, -0.25) is 4.79 Å². The van der Waals surface area contributed by atoms with Gasteiger partial charge in [-0.15, -0.1) is 0 Å². The topological polar surface area (TPSA) is 75.3 Å². The SMILES string of the molecule is CC(C)NS(=O)(=O)c1ccc(CCC(=O)NC2CC2)cc1. The van der Waals surface area contributed by atoms with Crippen molar-refractivity contribution in [2.75, 3.05) is 0 Å². The Labute approximate surface area is 126 Å². The highest BCUT2D eigenvalue weighted by molar-refractivity contribution is 7.89. The van der Waals surface area contributed by atoms with Crippen LogP contribution < -0.4 is 10.0 Å². The van der Waals surface area contributed by atoms with Gasteiger partial charge < -0.3 is 5.32 Å². The van der Waals surface area contributed by atoms with Crippen molar-refractivity contribution in [2.24, 2.45) is 0 Å². The summed E-state index contributed by atoms with van der Waals surface area (Å²) < 4.78 is 26.5. The van der Waals surface area contributed by atoms with Crippen LogP contribution in [0, 0.1) is 0 Å². The molecule has 116 valence electrons. The van der Waals surface area contributed by atoms with E-state index < -0.39 is 10.0 Å². The molecule has 0 bridgehead atoms. The first-order chi connectivity index (χ1) is 9.87. The van der Waals surface area contributed by atoms with E-state index in [2.05, 4.69) is 10.0 Å². The highest BCUT2D eigenvalue weighted by atomic mass is 32.2. The first-order valence-corrected chi connectivity index (χ1v) is 8.76. The van der Waals surface area contributed by atoms with Crippen LogP contribution in [-0.2, 0) is 21.2 Å². The van der Waals surface area contributed by atoms with Gasteiger partial charge in [-0.2, -0.15) is 0 Å². The molecule has 1 aromatic carbocycles. The zero-order chi connectivity index (χ0) is 15.5. The van der Waals surface area contributed by atoms with Gasteiger partial charge in [0.05, 0.1) is 4.90 Å². The summed E-state index contributed by atoms with van der Waals surface area (Å²) in [6.45, 7) is 3.56. The summed E-state index contributed by atoms with van der Waals surface area (Å²) in [6, 6.07) is 6.93. The van der Waals surface area contributed by atoms with Crippen molar-refractivity contribution in [1.82, 2.24) is 10.0 Å². The van der Waals surface area contributed by atoms with Crippen LogP contribution >= 0.6 is 0 Å². The number of amides is 1. The number of benzene rings is 1. The maximum absolute atomic E-state index is 12.0. The number of aryl methyl sites for hydroxylation is 1. The average molecular weight is 310 g/mol.